The van der Waals surface area contributed by atoms with Crippen LogP contribution in [0.25, 0.3) is 11.0 Å². The van der Waals surface area contributed by atoms with Gasteiger partial charge < -0.3 is 14.5 Å². The first kappa shape index (κ1) is 13.0. The summed E-state index contributed by atoms with van der Waals surface area (Å²) in [6.45, 7) is 7.99. The Kier molecular flexibility index (Phi) is 4.26. The maximum atomic E-state index is 5.82. The highest BCUT2D eigenvalue weighted by Gasteiger charge is 2.10. The number of fused-ring (bicyclic) bond motifs is 1. The van der Waals surface area contributed by atoms with Crippen molar-refractivity contribution in [1.82, 2.24) is 5.32 Å². The smallest absolute Gasteiger partial charge is 0.134 e. The van der Waals surface area contributed by atoms with E-state index in [4.69, 9.17) is 9.15 Å². The van der Waals surface area contributed by atoms with Gasteiger partial charge in [0.25, 0.3) is 0 Å². The quantitative estimate of drug-likeness (QED) is 0.840. The molecule has 0 aliphatic rings. The Morgan fingerprint density at radius 2 is 2.11 bits per heavy atom. The Morgan fingerprint density at radius 1 is 1.28 bits per heavy atom. The van der Waals surface area contributed by atoms with Crippen LogP contribution in [0.3, 0.4) is 0 Å². The number of benzene rings is 1. The molecule has 98 valence electrons. The molecule has 0 radical (unpaired) electrons. The molecule has 2 aromatic rings. The number of rotatable bonds is 6. The number of hydrogen-bond acceptors (Lipinski definition) is 3. The first-order chi connectivity index (χ1) is 8.74. The van der Waals surface area contributed by atoms with Crippen LogP contribution in [0.2, 0.25) is 0 Å². The van der Waals surface area contributed by atoms with E-state index in [2.05, 4.69) is 32.2 Å². The van der Waals surface area contributed by atoms with Crippen molar-refractivity contribution < 1.29 is 9.15 Å². The molecular weight excluding hydrogens is 226 g/mol. The highest BCUT2D eigenvalue weighted by Crippen LogP contribution is 2.27. The van der Waals surface area contributed by atoms with Gasteiger partial charge in [0, 0.05) is 5.39 Å². The summed E-state index contributed by atoms with van der Waals surface area (Å²) in [5.74, 6) is 1.88. The summed E-state index contributed by atoms with van der Waals surface area (Å²) in [5, 5.41) is 4.45. The summed E-state index contributed by atoms with van der Waals surface area (Å²) in [6, 6.07) is 8.30. The molecule has 0 fully saturated rings. The normalized spacial score (nSPS) is 12.8. The molecule has 0 spiro atoms. The lowest BCUT2D eigenvalue weighted by Crippen LogP contribution is -2.16. The van der Waals surface area contributed by atoms with Crippen LogP contribution in [-0.4, -0.2) is 13.2 Å². The summed E-state index contributed by atoms with van der Waals surface area (Å²) < 4.78 is 11.4. The number of hydrogen-bond donors (Lipinski definition) is 1. The SMILES string of the molecule is CCCOc1ccc2oc(C(C)NCC)cc2c1. The van der Waals surface area contributed by atoms with Crippen molar-refractivity contribution in [3.63, 3.8) is 0 Å². The summed E-state index contributed by atoms with van der Waals surface area (Å²) in [5.41, 5.74) is 0.915. The van der Waals surface area contributed by atoms with Gasteiger partial charge in [-0.05, 0) is 44.2 Å². The second kappa shape index (κ2) is 5.91. The minimum absolute atomic E-state index is 0.238. The Bertz CT molecular complexity index is 504. The molecule has 1 N–H and O–H groups in total. The minimum Gasteiger partial charge on any atom is -0.494 e. The molecule has 0 saturated heterocycles. The molecule has 1 aromatic heterocycles. The average molecular weight is 247 g/mol. The second-order valence-corrected chi connectivity index (χ2v) is 4.48. The topological polar surface area (TPSA) is 34.4 Å². The van der Waals surface area contributed by atoms with Crippen LogP contribution in [-0.2, 0) is 0 Å². The largest absolute Gasteiger partial charge is 0.494 e. The fraction of sp³-hybridized carbons (Fsp3) is 0.467. The van der Waals surface area contributed by atoms with Gasteiger partial charge in [0.1, 0.15) is 17.1 Å². The summed E-state index contributed by atoms with van der Waals surface area (Å²) in [6.07, 6.45) is 1.02. The van der Waals surface area contributed by atoms with Crippen LogP contribution in [0.15, 0.2) is 28.7 Å². The van der Waals surface area contributed by atoms with Crippen LogP contribution >= 0.6 is 0 Å². The Balaban J connectivity index is 2.22. The van der Waals surface area contributed by atoms with Crippen LogP contribution < -0.4 is 10.1 Å². The van der Waals surface area contributed by atoms with Crippen molar-refractivity contribution in [3.8, 4) is 5.75 Å². The third kappa shape index (κ3) is 2.85. The van der Waals surface area contributed by atoms with E-state index in [0.29, 0.717) is 0 Å². The molecule has 3 nitrogen and oxygen atoms in total. The van der Waals surface area contributed by atoms with E-state index in [1.165, 1.54) is 0 Å². The van der Waals surface area contributed by atoms with Gasteiger partial charge >= 0.3 is 0 Å². The van der Waals surface area contributed by atoms with Gasteiger partial charge in [-0.25, -0.2) is 0 Å². The minimum atomic E-state index is 0.238. The molecule has 0 saturated carbocycles. The molecule has 18 heavy (non-hydrogen) atoms. The third-order valence-corrected chi connectivity index (χ3v) is 2.92. The zero-order valence-corrected chi connectivity index (χ0v) is 11.3. The molecule has 0 aliphatic carbocycles. The van der Waals surface area contributed by atoms with E-state index in [1.54, 1.807) is 0 Å². The van der Waals surface area contributed by atoms with Gasteiger partial charge in [-0.15, -0.1) is 0 Å². The molecule has 2 rings (SSSR count). The highest BCUT2D eigenvalue weighted by molar-refractivity contribution is 5.79. The molecule has 3 heteroatoms. The fourth-order valence-corrected chi connectivity index (χ4v) is 1.97. The number of furan rings is 1. The molecule has 1 heterocycles. The molecule has 0 bridgehead atoms. The Labute approximate surface area is 108 Å². The maximum absolute atomic E-state index is 5.82. The van der Waals surface area contributed by atoms with E-state index < -0.39 is 0 Å². The number of ether oxygens (including phenoxy) is 1. The van der Waals surface area contributed by atoms with Crippen LogP contribution in [0.5, 0.6) is 5.75 Å². The maximum Gasteiger partial charge on any atom is 0.134 e. The molecular formula is C15H21NO2. The summed E-state index contributed by atoms with van der Waals surface area (Å²) in [7, 11) is 0. The predicted molar refractivity (Wildman–Crippen MR) is 74.1 cm³/mol. The van der Waals surface area contributed by atoms with E-state index in [0.717, 1.165) is 42.1 Å². The van der Waals surface area contributed by atoms with Crippen molar-refractivity contribution in [2.45, 2.75) is 33.2 Å². The van der Waals surface area contributed by atoms with E-state index in [-0.39, 0.29) is 6.04 Å². The van der Waals surface area contributed by atoms with Crippen molar-refractivity contribution in [3.05, 3.63) is 30.0 Å². The van der Waals surface area contributed by atoms with Crippen LogP contribution in [0.4, 0.5) is 0 Å². The van der Waals surface area contributed by atoms with Crippen LogP contribution in [0, 0.1) is 0 Å². The third-order valence-electron chi connectivity index (χ3n) is 2.92. The zero-order chi connectivity index (χ0) is 13.0. The monoisotopic (exact) mass is 247 g/mol. The van der Waals surface area contributed by atoms with Gasteiger partial charge in [0.15, 0.2) is 0 Å². The standard InChI is InChI=1S/C15H21NO2/c1-4-8-17-13-6-7-14-12(9-13)10-15(18-14)11(3)16-5-2/h6-7,9-11,16H,4-5,8H2,1-3H3. The van der Waals surface area contributed by atoms with Gasteiger partial charge in [-0.2, -0.15) is 0 Å². The van der Waals surface area contributed by atoms with E-state index in [1.807, 2.05) is 18.2 Å². The van der Waals surface area contributed by atoms with Crippen molar-refractivity contribution in [1.29, 1.82) is 0 Å². The second-order valence-electron chi connectivity index (χ2n) is 4.48. The van der Waals surface area contributed by atoms with E-state index >= 15 is 0 Å². The molecule has 0 aliphatic heterocycles. The Hall–Kier alpha value is -1.48. The fourth-order valence-electron chi connectivity index (χ4n) is 1.97. The molecule has 1 aromatic carbocycles. The molecule has 0 amide bonds. The summed E-state index contributed by atoms with van der Waals surface area (Å²) in [4.78, 5) is 0. The van der Waals surface area contributed by atoms with Gasteiger partial charge in [0.2, 0.25) is 0 Å². The van der Waals surface area contributed by atoms with Gasteiger partial charge in [-0.3, -0.25) is 0 Å². The van der Waals surface area contributed by atoms with Crippen molar-refractivity contribution in [2.24, 2.45) is 0 Å². The lowest BCUT2D eigenvalue weighted by molar-refractivity contribution is 0.318. The van der Waals surface area contributed by atoms with Crippen molar-refractivity contribution in [2.75, 3.05) is 13.2 Å². The highest BCUT2D eigenvalue weighted by atomic mass is 16.5. The molecule has 1 atom stereocenters. The first-order valence-corrected chi connectivity index (χ1v) is 6.64. The van der Waals surface area contributed by atoms with Crippen molar-refractivity contribution >= 4 is 11.0 Å². The van der Waals surface area contributed by atoms with E-state index in [9.17, 15) is 0 Å². The first-order valence-electron chi connectivity index (χ1n) is 6.64. The molecule has 1 unspecified atom stereocenters. The Morgan fingerprint density at radius 3 is 2.83 bits per heavy atom. The lowest BCUT2D eigenvalue weighted by atomic mass is 10.2. The average Bonchev–Trinajstić information content (AvgIpc) is 2.79. The zero-order valence-electron chi connectivity index (χ0n) is 11.3. The predicted octanol–water partition coefficient (Wildman–Crippen LogP) is 3.89. The van der Waals surface area contributed by atoms with Gasteiger partial charge in [0.05, 0.1) is 12.6 Å². The number of nitrogens with one attached hydrogen (secondary N) is 1. The summed E-state index contributed by atoms with van der Waals surface area (Å²) >= 11 is 0. The lowest BCUT2D eigenvalue weighted by Gasteiger charge is -2.07. The van der Waals surface area contributed by atoms with Gasteiger partial charge in [-0.1, -0.05) is 13.8 Å². The van der Waals surface area contributed by atoms with Crippen LogP contribution in [0.1, 0.15) is 39.0 Å².